The van der Waals surface area contributed by atoms with Crippen molar-refractivity contribution < 1.29 is 62.4 Å². The molecule has 4 heterocycles. The predicted molar refractivity (Wildman–Crippen MR) is 234 cm³/mol. The first-order valence-corrected chi connectivity index (χ1v) is 22.8. The lowest BCUT2D eigenvalue weighted by molar-refractivity contribution is -0.157. The first-order chi connectivity index (χ1) is 30.3. The number of carbonyl (C=O) groups is 7. The van der Waals surface area contributed by atoms with Crippen LogP contribution in [0.5, 0.6) is 5.75 Å². The van der Waals surface area contributed by atoms with Crippen molar-refractivity contribution in [2.75, 3.05) is 38.5 Å². The zero-order valence-corrected chi connectivity index (χ0v) is 38.5. The minimum Gasteiger partial charge on any atom is -0.495 e. The molecule has 6 rings (SSSR count). The predicted octanol–water partition coefficient (Wildman–Crippen LogP) is 3.08. The van der Waals surface area contributed by atoms with E-state index < -0.39 is 77.3 Å². The Bertz CT molecular complexity index is 2080. The lowest BCUT2D eigenvalue weighted by atomic mass is 9.81. The summed E-state index contributed by atoms with van der Waals surface area (Å²) in [7, 11) is 4.37. The van der Waals surface area contributed by atoms with Gasteiger partial charge in [-0.15, -0.1) is 11.8 Å². The SMILES string of the molecule is COc1cc2cc(c1Cl)N(C)C(=O)CC(OC(=O)C(C)NC(=O)CCSC1CC(=O)N(CC3CCC(C(N)=O)CC3)C1=O)C1(C)OC1C1CC(O)(NC(=O)O1)C(OC)/C=C/C=C(\C)C2. The average Bonchev–Trinajstić information content (AvgIpc) is 3.88. The quantitative estimate of drug-likeness (QED) is 0.134. The second-order valence-electron chi connectivity index (χ2n) is 17.4. The van der Waals surface area contributed by atoms with Gasteiger partial charge in [0, 0.05) is 51.6 Å². The highest BCUT2D eigenvalue weighted by Gasteiger charge is 2.66. The van der Waals surface area contributed by atoms with Crippen molar-refractivity contribution in [3.05, 3.63) is 46.5 Å². The third kappa shape index (κ3) is 11.0. The van der Waals surface area contributed by atoms with Crippen molar-refractivity contribution in [2.45, 2.75) is 126 Å². The van der Waals surface area contributed by atoms with Crippen molar-refractivity contribution >= 4 is 70.6 Å². The Kier molecular flexibility index (Phi) is 15.4. The number of esters is 1. The number of carbonyl (C=O) groups excluding carboxylic acids is 7. The van der Waals surface area contributed by atoms with Crippen molar-refractivity contribution in [3.8, 4) is 5.75 Å². The molecular formula is C44H58ClN5O13S. The third-order valence-electron chi connectivity index (χ3n) is 12.8. The van der Waals surface area contributed by atoms with Gasteiger partial charge in [-0.05, 0) is 76.5 Å². The van der Waals surface area contributed by atoms with E-state index in [1.807, 2.05) is 13.0 Å². The Labute approximate surface area is 381 Å². The number of anilines is 1. The van der Waals surface area contributed by atoms with E-state index in [1.165, 1.54) is 49.8 Å². The fraction of sp³-hybridized carbons (Fsp3) is 0.614. The van der Waals surface area contributed by atoms with E-state index in [0.717, 1.165) is 11.1 Å². The molecule has 1 saturated carbocycles. The summed E-state index contributed by atoms with van der Waals surface area (Å²) >= 11 is 7.94. The molecule has 20 heteroatoms. The molecule has 8 unspecified atom stereocenters. The topological polar surface area (TPSA) is 246 Å². The number of ether oxygens (including phenoxy) is 5. The van der Waals surface area contributed by atoms with Gasteiger partial charge in [0.25, 0.3) is 0 Å². The van der Waals surface area contributed by atoms with E-state index in [9.17, 15) is 38.7 Å². The molecule has 5 N–H and O–H groups in total. The van der Waals surface area contributed by atoms with Crippen molar-refractivity contribution in [2.24, 2.45) is 17.6 Å². The van der Waals surface area contributed by atoms with Crippen LogP contribution in [0.25, 0.3) is 0 Å². The number of methoxy groups -OCH3 is 2. The standard InChI is InChI=1S/C44H58ClN5O13S/c1-23-8-7-9-32(60-6)44(58)21-30(61-42(57)48-44)38-43(3,63-38)33(20-35(52)49(4)28-17-26(16-23)18-29(59-5)37(28)45)62-41(56)24(2)47-34(51)14-15-64-31-19-36(53)50(40(31)55)22-25-10-12-27(13-11-25)39(46)54/h7-9,17-18,24-25,27,30-33,38,58H,10-16,19-22H2,1-6H3,(H2,46,54)(H,47,51)(H,48,57)/b9-7+,23-8+. The summed E-state index contributed by atoms with van der Waals surface area (Å²) in [6.45, 7) is 5.20. The summed E-state index contributed by atoms with van der Waals surface area (Å²) in [6, 6.07) is 2.32. The molecule has 0 spiro atoms. The van der Waals surface area contributed by atoms with E-state index in [2.05, 4.69) is 10.6 Å². The molecule has 4 fully saturated rings. The van der Waals surface area contributed by atoms with Gasteiger partial charge in [-0.2, -0.15) is 0 Å². The van der Waals surface area contributed by atoms with Crippen molar-refractivity contribution in [1.29, 1.82) is 0 Å². The molecule has 1 aliphatic carbocycles. The number of epoxide rings is 1. The van der Waals surface area contributed by atoms with Crippen LogP contribution >= 0.6 is 23.4 Å². The Morgan fingerprint density at radius 3 is 2.50 bits per heavy atom. The first-order valence-electron chi connectivity index (χ1n) is 21.4. The maximum atomic E-state index is 14.2. The number of aliphatic hydroxyl groups is 1. The number of allylic oxidation sites excluding steroid dienone is 3. The molecule has 18 nitrogen and oxygen atoms in total. The van der Waals surface area contributed by atoms with Crippen LogP contribution in [0.1, 0.15) is 77.7 Å². The van der Waals surface area contributed by atoms with Gasteiger partial charge in [-0.1, -0.05) is 35.4 Å². The number of hydrogen-bond acceptors (Lipinski definition) is 14. The van der Waals surface area contributed by atoms with Crippen LogP contribution in [-0.4, -0.2) is 132 Å². The number of fused-ring (bicyclic) bond motifs is 6. The number of nitrogens with one attached hydrogen (secondary N) is 2. The highest BCUT2D eigenvalue weighted by Crippen LogP contribution is 2.48. The van der Waals surface area contributed by atoms with E-state index in [1.54, 1.807) is 31.2 Å². The Balaban J connectivity index is 1.13. The lowest BCUT2D eigenvalue weighted by Crippen LogP contribution is -2.63. The molecule has 0 radical (unpaired) electrons. The smallest absolute Gasteiger partial charge is 0.409 e. The van der Waals surface area contributed by atoms with Crippen molar-refractivity contribution in [3.63, 3.8) is 0 Å². The molecule has 5 aliphatic rings. The highest BCUT2D eigenvalue weighted by molar-refractivity contribution is 8.00. The summed E-state index contributed by atoms with van der Waals surface area (Å²) in [4.78, 5) is 94.1. The number of nitrogens with zero attached hydrogens (tertiary/aromatic N) is 2. The van der Waals surface area contributed by atoms with Crippen molar-refractivity contribution in [1.82, 2.24) is 15.5 Å². The number of likely N-dealkylation sites (tertiary alicyclic amines) is 1. The largest absolute Gasteiger partial charge is 0.495 e. The van der Waals surface area contributed by atoms with Crippen LogP contribution in [0, 0.1) is 11.8 Å². The molecular weight excluding hydrogens is 874 g/mol. The molecule has 350 valence electrons. The maximum Gasteiger partial charge on any atom is 0.409 e. The third-order valence-corrected chi connectivity index (χ3v) is 14.3. The summed E-state index contributed by atoms with van der Waals surface area (Å²) in [5, 5.41) is 16.4. The van der Waals surface area contributed by atoms with Crippen LogP contribution in [0.3, 0.4) is 0 Å². The van der Waals surface area contributed by atoms with Gasteiger partial charge >= 0.3 is 12.1 Å². The molecule has 0 aromatic heterocycles. The van der Waals surface area contributed by atoms with Gasteiger partial charge in [0.15, 0.2) is 5.72 Å². The van der Waals surface area contributed by atoms with E-state index in [4.69, 9.17) is 41.0 Å². The number of benzene rings is 1. The maximum absolute atomic E-state index is 14.2. The Hall–Kier alpha value is -4.69. The summed E-state index contributed by atoms with van der Waals surface area (Å²) < 4.78 is 28.9. The summed E-state index contributed by atoms with van der Waals surface area (Å²) in [5.41, 5.74) is 4.10. The number of alkyl carbamates (subject to hydrolysis) is 1. The zero-order chi connectivity index (χ0) is 46.7. The summed E-state index contributed by atoms with van der Waals surface area (Å²) in [6.07, 6.45) is 2.27. The number of rotatable bonds is 12. The van der Waals surface area contributed by atoms with Gasteiger partial charge in [0.05, 0.1) is 24.5 Å². The number of primary amides is 1. The lowest BCUT2D eigenvalue weighted by Gasteiger charge is -2.40. The summed E-state index contributed by atoms with van der Waals surface area (Å²) in [5.74, 6) is -2.39. The van der Waals surface area contributed by atoms with Crippen LogP contribution in [0.4, 0.5) is 10.5 Å². The fourth-order valence-electron chi connectivity index (χ4n) is 8.87. The van der Waals surface area contributed by atoms with Gasteiger partial charge in [0.1, 0.15) is 46.8 Å². The molecule has 4 bridgehead atoms. The van der Waals surface area contributed by atoms with Gasteiger partial charge < -0.3 is 44.7 Å². The number of thioether (sulfide) groups is 1. The minimum atomic E-state index is -1.93. The molecule has 4 aliphatic heterocycles. The van der Waals surface area contributed by atoms with Crippen LogP contribution < -0.4 is 26.0 Å². The van der Waals surface area contributed by atoms with Gasteiger partial charge in [0.2, 0.25) is 29.5 Å². The first kappa shape index (κ1) is 48.8. The number of amides is 6. The Morgan fingerprint density at radius 1 is 1.11 bits per heavy atom. The molecule has 1 aromatic rings. The minimum absolute atomic E-state index is 0.0175. The van der Waals surface area contributed by atoms with Crippen LogP contribution in [-0.2, 0) is 54.1 Å². The zero-order valence-electron chi connectivity index (χ0n) is 36.9. The molecule has 3 saturated heterocycles. The van der Waals surface area contributed by atoms with E-state index >= 15 is 0 Å². The Morgan fingerprint density at radius 2 is 1.83 bits per heavy atom. The molecule has 6 amide bonds. The van der Waals surface area contributed by atoms with Crippen LogP contribution in [0.15, 0.2) is 35.9 Å². The monoisotopic (exact) mass is 931 g/mol. The number of imide groups is 1. The number of hydrogen-bond donors (Lipinski definition) is 4. The fourth-order valence-corrected chi connectivity index (χ4v) is 10.3. The second-order valence-corrected chi connectivity index (χ2v) is 19.1. The van der Waals surface area contributed by atoms with E-state index in [0.29, 0.717) is 50.1 Å². The molecule has 1 aromatic carbocycles. The second kappa shape index (κ2) is 20.2. The van der Waals surface area contributed by atoms with Gasteiger partial charge in [-0.25, -0.2) is 9.59 Å². The average molecular weight is 932 g/mol. The number of halogens is 1. The molecule has 8 atom stereocenters. The molecule has 64 heavy (non-hydrogen) atoms. The van der Waals surface area contributed by atoms with E-state index in [-0.39, 0.29) is 59.6 Å². The van der Waals surface area contributed by atoms with Crippen LogP contribution in [0.2, 0.25) is 5.02 Å². The highest BCUT2D eigenvalue weighted by atomic mass is 35.5. The normalized spacial score (nSPS) is 32.7. The number of nitrogens with two attached hydrogens (primary N) is 1. The van der Waals surface area contributed by atoms with Gasteiger partial charge in [-0.3, -0.25) is 34.2 Å².